The Morgan fingerprint density at radius 2 is 1.90 bits per heavy atom. The molecular weight excluding hydrogens is 414 g/mol. The fraction of sp³-hybridized carbons (Fsp3) is 0.421. The summed E-state index contributed by atoms with van der Waals surface area (Å²) in [5, 5.41) is 0. The van der Waals surface area contributed by atoms with Crippen molar-refractivity contribution in [3.05, 3.63) is 45.2 Å². The monoisotopic (exact) mass is 437 g/mol. The minimum absolute atomic E-state index is 0.0620. The first-order chi connectivity index (χ1) is 13.7. The zero-order chi connectivity index (χ0) is 21.3. The first-order valence-corrected chi connectivity index (χ1v) is 11.4. The first-order valence-electron chi connectivity index (χ1n) is 9.17. The number of carbonyl (C=O) groups excluding carboxylic acids is 2. The zero-order valence-corrected chi connectivity index (χ0v) is 18.3. The third kappa shape index (κ3) is 4.34. The lowest BCUT2D eigenvalue weighted by molar-refractivity contribution is 0.0530. The van der Waals surface area contributed by atoms with Gasteiger partial charge < -0.3 is 9.30 Å². The number of thiazole rings is 1. The number of sulfonamides is 1. The Bertz CT molecular complexity index is 1110. The van der Waals surface area contributed by atoms with Gasteiger partial charge in [0, 0.05) is 31.4 Å². The van der Waals surface area contributed by atoms with E-state index in [4.69, 9.17) is 4.74 Å². The maximum absolute atomic E-state index is 12.6. The molecule has 0 saturated heterocycles. The van der Waals surface area contributed by atoms with Crippen LogP contribution in [0.15, 0.2) is 34.2 Å². The summed E-state index contributed by atoms with van der Waals surface area (Å²) < 4.78 is 33.2. The molecular formula is C19H23N3O5S2. The molecule has 3 rings (SSSR count). The van der Waals surface area contributed by atoms with Gasteiger partial charge in [-0.2, -0.15) is 9.30 Å². The number of amides is 1. The van der Waals surface area contributed by atoms with Gasteiger partial charge in [-0.05, 0) is 51.0 Å². The van der Waals surface area contributed by atoms with Gasteiger partial charge in [0.15, 0.2) is 4.80 Å². The molecule has 0 N–H and O–H groups in total. The molecule has 0 radical (unpaired) electrons. The Morgan fingerprint density at radius 1 is 1.28 bits per heavy atom. The van der Waals surface area contributed by atoms with Gasteiger partial charge >= 0.3 is 5.97 Å². The Labute approximate surface area is 173 Å². The van der Waals surface area contributed by atoms with Crippen LogP contribution < -0.4 is 4.80 Å². The van der Waals surface area contributed by atoms with Gasteiger partial charge in [0.25, 0.3) is 5.91 Å². The van der Waals surface area contributed by atoms with Crippen LogP contribution in [0.5, 0.6) is 0 Å². The van der Waals surface area contributed by atoms with E-state index in [0.29, 0.717) is 15.4 Å². The highest BCUT2D eigenvalue weighted by Gasteiger charge is 2.35. The van der Waals surface area contributed by atoms with E-state index < -0.39 is 21.9 Å². The van der Waals surface area contributed by atoms with Crippen LogP contribution in [-0.2, 0) is 21.8 Å². The minimum Gasteiger partial charge on any atom is -0.462 e. The molecule has 0 unspecified atom stereocenters. The predicted octanol–water partition coefficient (Wildman–Crippen LogP) is 2.10. The van der Waals surface area contributed by atoms with Crippen molar-refractivity contribution in [1.29, 1.82) is 0 Å². The summed E-state index contributed by atoms with van der Waals surface area (Å²) in [5.74, 6) is -0.967. The standard InChI is InChI=1S/C19H23N3O5S2/c1-5-27-18(24)16-12(2)21(3)19(28-16)20-17(23)13-6-10-15(11-7-13)29(25,26)22(4)14-8-9-14/h6-7,10-11,14H,5,8-9H2,1-4H3. The Hall–Kier alpha value is -2.30. The van der Waals surface area contributed by atoms with Crippen molar-refractivity contribution < 1.29 is 22.7 Å². The molecule has 1 aromatic carbocycles. The van der Waals surface area contributed by atoms with Crippen molar-refractivity contribution in [2.24, 2.45) is 12.0 Å². The second-order valence-electron chi connectivity index (χ2n) is 6.77. The molecule has 8 nitrogen and oxygen atoms in total. The van der Waals surface area contributed by atoms with Crippen LogP contribution in [0.3, 0.4) is 0 Å². The second-order valence-corrected chi connectivity index (χ2v) is 9.75. The fourth-order valence-corrected chi connectivity index (χ4v) is 5.16. The molecule has 156 valence electrons. The molecule has 1 fully saturated rings. The molecule has 1 amide bonds. The van der Waals surface area contributed by atoms with Crippen molar-refractivity contribution >= 4 is 33.2 Å². The lowest BCUT2D eigenvalue weighted by atomic mass is 10.2. The molecule has 10 heteroatoms. The second kappa shape index (κ2) is 8.21. The summed E-state index contributed by atoms with van der Waals surface area (Å²) in [6.07, 6.45) is 1.74. The fourth-order valence-electron chi connectivity index (χ4n) is 2.73. The van der Waals surface area contributed by atoms with Crippen molar-refractivity contribution in [1.82, 2.24) is 8.87 Å². The Morgan fingerprint density at radius 3 is 2.45 bits per heavy atom. The maximum Gasteiger partial charge on any atom is 0.350 e. The third-order valence-corrected chi connectivity index (χ3v) is 7.95. The summed E-state index contributed by atoms with van der Waals surface area (Å²) in [6, 6.07) is 5.80. The number of esters is 1. The SMILES string of the molecule is CCOC(=O)c1sc(=NC(=O)c2ccc(S(=O)(=O)N(C)C3CC3)cc2)n(C)c1C. The van der Waals surface area contributed by atoms with E-state index in [1.165, 1.54) is 28.6 Å². The molecule has 0 bridgehead atoms. The Kier molecular flexibility index (Phi) is 6.06. The van der Waals surface area contributed by atoms with E-state index in [1.54, 1.807) is 32.5 Å². The highest BCUT2D eigenvalue weighted by molar-refractivity contribution is 7.89. The van der Waals surface area contributed by atoms with Gasteiger partial charge in [0.05, 0.1) is 11.5 Å². The molecule has 1 aliphatic carbocycles. The van der Waals surface area contributed by atoms with Crippen LogP contribution >= 0.6 is 11.3 Å². The lowest BCUT2D eigenvalue weighted by Gasteiger charge is -2.16. The average Bonchev–Trinajstić information content (AvgIpc) is 3.50. The number of hydrogen-bond acceptors (Lipinski definition) is 6. The summed E-state index contributed by atoms with van der Waals surface area (Å²) >= 11 is 1.08. The zero-order valence-electron chi connectivity index (χ0n) is 16.7. The van der Waals surface area contributed by atoms with Gasteiger partial charge in [-0.1, -0.05) is 11.3 Å². The van der Waals surface area contributed by atoms with Crippen LogP contribution in [-0.4, -0.2) is 48.9 Å². The third-order valence-electron chi connectivity index (χ3n) is 4.81. The molecule has 1 heterocycles. The molecule has 1 aliphatic rings. The highest BCUT2D eigenvalue weighted by atomic mass is 32.2. The smallest absolute Gasteiger partial charge is 0.350 e. The molecule has 0 spiro atoms. The van der Waals surface area contributed by atoms with Gasteiger partial charge in [0.2, 0.25) is 10.0 Å². The number of carbonyl (C=O) groups is 2. The number of rotatable bonds is 6. The van der Waals surface area contributed by atoms with E-state index in [1.807, 2.05) is 0 Å². The van der Waals surface area contributed by atoms with Crippen LogP contribution in [0.4, 0.5) is 0 Å². The lowest BCUT2D eigenvalue weighted by Crippen LogP contribution is -2.28. The molecule has 0 atom stereocenters. The molecule has 2 aromatic rings. The molecule has 1 aromatic heterocycles. The van der Waals surface area contributed by atoms with Crippen molar-refractivity contribution in [2.45, 2.75) is 37.6 Å². The number of aromatic nitrogens is 1. The van der Waals surface area contributed by atoms with E-state index in [2.05, 4.69) is 4.99 Å². The van der Waals surface area contributed by atoms with E-state index in [-0.39, 0.29) is 23.1 Å². The molecule has 29 heavy (non-hydrogen) atoms. The number of nitrogens with zero attached hydrogens (tertiary/aromatic N) is 3. The van der Waals surface area contributed by atoms with Crippen LogP contribution in [0.1, 0.15) is 45.5 Å². The van der Waals surface area contributed by atoms with Crippen molar-refractivity contribution in [3.8, 4) is 0 Å². The number of ether oxygens (including phenoxy) is 1. The van der Waals surface area contributed by atoms with Gasteiger partial charge in [-0.15, -0.1) is 0 Å². The van der Waals surface area contributed by atoms with E-state index in [0.717, 1.165) is 24.2 Å². The van der Waals surface area contributed by atoms with Gasteiger partial charge in [0.1, 0.15) is 4.88 Å². The summed E-state index contributed by atoms with van der Waals surface area (Å²) in [5.41, 5.74) is 0.923. The van der Waals surface area contributed by atoms with Crippen LogP contribution in [0.2, 0.25) is 0 Å². The van der Waals surface area contributed by atoms with Crippen LogP contribution in [0.25, 0.3) is 0 Å². The maximum atomic E-state index is 12.6. The number of hydrogen-bond donors (Lipinski definition) is 0. The van der Waals surface area contributed by atoms with Crippen molar-refractivity contribution in [3.63, 3.8) is 0 Å². The largest absolute Gasteiger partial charge is 0.462 e. The normalized spacial score (nSPS) is 15.0. The molecule has 0 aliphatic heterocycles. The highest BCUT2D eigenvalue weighted by Crippen LogP contribution is 2.30. The van der Waals surface area contributed by atoms with Gasteiger partial charge in [-0.25, -0.2) is 13.2 Å². The van der Waals surface area contributed by atoms with Crippen LogP contribution in [0, 0.1) is 6.92 Å². The predicted molar refractivity (Wildman–Crippen MR) is 108 cm³/mol. The quantitative estimate of drug-likeness (QED) is 0.645. The Balaban J connectivity index is 1.86. The van der Waals surface area contributed by atoms with Gasteiger partial charge in [-0.3, -0.25) is 4.79 Å². The van der Waals surface area contributed by atoms with Crippen molar-refractivity contribution in [2.75, 3.05) is 13.7 Å². The summed E-state index contributed by atoms with van der Waals surface area (Å²) in [7, 11) is -0.280. The summed E-state index contributed by atoms with van der Waals surface area (Å²) in [4.78, 5) is 29.6. The average molecular weight is 438 g/mol. The summed E-state index contributed by atoms with van der Waals surface area (Å²) in [6.45, 7) is 3.74. The topological polar surface area (TPSA) is 98.0 Å². The molecule has 1 saturated carbocycles. The van der Waals surface area contributed by atoms with E-state index >= 15 is 0 Å². The number of benzene rings is 1. The first kappa shape index (κ1) is 21.4. The minimum atomic E-state index is -3.56. The van der Waals surface area contributed by atoms with E-state index in [9.17, 15) is 18.0 Å².